The van der Waals surface area contributed by atoms with Gasteiger partial charge in [0.1, 0.15) is 5.78 Å². The first-order valence-electron chi connectivity index (χ1n) is 19.9. The third kappa shape index (κ3) is 8.99. The van der Waals surface area contributed by atoms with Crippen LogP contribution in [0, 0.1) is 23.7 Å². The summed E-state index contributed by atoms with van der Waals surface area (Å²) >= 11 is 0. The van der Waals surface area contributed by atoms with E-state index in [2.05, 4.69) is 4.90 Å². The number of hydrogen-bond donors (Lipinski definition) is 1. The van der Waals surface area contributed by atoms with Crippen molar-refractivity contribution in [3.05, 3.63) is 0 Å². The molecule has 3 saturated carbocycles. The number of aliphatic hydroxyl groups is 1. The smallest absolute Gasteiger partial charge is 0.157 e. The zero-order valence-electron chi connectivity index (χ0n) is 28.9. The molecule has 0 aromatic carbocycles. The lowest BCUT2D eigenvalue weighted by Gasteiger charge is -2.52. The second kappa shape index (κ2) is 17.0. The van der Waals surface area contributed by atoms with Gasteiger partial charge < -0.3 is 38.4 Å². The standard InChI is InChI=1S/C38H63NO8/c40-31-24-30(46-34-9-3-7-22-44-34)25-32-36(31)37(41)35(26-10-16-29(17-11-26)45-33-8-2-6-21-43-33)38(47-32)27-12-14-28(15-13-27)42-23-20-39-18-4-1-5-19-39/h26-36,38,40H,1-25H2. The van der Waals surface area contributed by atoms with Gasteiger partial charge in [0, 0.05) is 38.5 Å². The van der Waals surface area contributed by atoms with Crippen LogP contribution in [0.25, 0.3) is 0 Å². The van der Waals surface area contributed by atoms with Crippen molar-refractivity contribution >= 4 is 5.78 Å². The first-order valence-corrected chi connectivity index (χ1v) is 19.9. The Labute approximate surface area is 283 Å². The molecule has 0 aromatic heterocycles. The highest BCUT2D eigenvalue weighted by atomic mass is 16.7. The van der Waals surface area contributed by atoms with Crippen molar-refractivity contribution in [1.82, 2.24) is 4.90 Å². The monoisotopic (exact) mass is 661 g/mol. The molecular formula is C38H63NO8. The molecule has 0 amide bonds. The largest absolute Gasteiger partial charge is 0.392 e. The van der Waals surface area contributed by atoms with Gasteiger partial charge in [-0.05, 0) is 128 Å². The number of rotatable bonds is 10. The molecule has 7 aliphatic rings. The molecule has 0 radical (unpaired) electrons. The summed E-state index contributed by atoms with van der Waals surface area (Å²) in [7, 11) is 0. The van der Waals surface area contributed by atoms with Crippen LogP contribution in [-0.2, 0) is 33.2 Å². The fourth-order valence-corrected chi connectivity index (χ4v) is 10.1. The number of carbonyl (C=O) groups is 1. The minimum atomic E-state index is -0.731. The van der Waals surface area contributed by atoms with Crippen LogP contribution in [0.4, 0.5) is 0 Å². The Morgan fingerprint density at radius 3 is 1.96 bits per heavy atom. The molecule has 0 aromatic rings. The predicted molar refractivity (Wildman–Crippen MR) is 177 cm³/mol. The molecule has 4 saturated heterocycles. The lowest BCUT2D eigenvalue weighted by Crippen LogP contribution is -2.60. The minimum Gasteiger partial charge on any atom is -0.392 e. The summed E-state index contributed by atoms with van der Waals surface area (Å²) in [5, 5.41) is 11.4. The number of piperidine rings is 1. The van der Waals surface area contributed by atoms with Gasteiger partial charge in [-0.15, -0.1) is 0 Å². The first-order chi connectivity index (χ1) is 23.1. The van der Waals surface area contributed by atoms with Gasteiger partial charge in [-0.2, -0.15) is 0 Å². The summed E-state index contributed by atoms with van der Waals surface area (Å²) in [5.41, 5.74) is 0. The van der Waals surface area contributed by atoms with Crippen LogP contribution in [0.5, 0.6) is 0 Å². The van der Waals surface area contributed by atoms with Crippen molar-refractivity contribution in [2.75, 3.05) is 39.5 Å². The molecule has 47 heavy (non-hydrogen) atoms. The van der Waals surface area contributed by atoms with Crippen molar-refractivity contribution in [3.8, 4) is 0 Å². The number of Topliss-reactive ketones (excluding diaryl/α,β-unsaturated/α-hetero) is 1. The molecule has 7 rings (SSSR count). The van der Waals surface area contributed by atoms with E-state index in [0.29, 0.717) is 24.9 Å². The van der Waals surface area contributed by atoms with Crippen LogP contribution in [0.2, 0.25) is 0 Å². The summed E-state index contributed by atoms with van der Waals surface area (Å²) in [6, 6.07) is 0. The van der Waals surface area contributed by atoms with E-state index in [1.165, 1.54) is 38.8 Å². The topological polar surface area (TPSA) is 95.9 Å². The minimum absolute atomic E-state index is 0.0673. The molecule has 1 N–H and O–H groups in total. The van der Waals surface area contributed by atoms with E-state index in [9.17, 15) is 9.90 Å². The Kier molecular flexibility index (Phi) is 12.6. The Morgan fingerprint density at radius 1 is 0.660 bits per heavy atom. The Morgan fingerprint density at radius 2 is 1.30 bits per heavy atom. The summed E-state index contributed by atoms with van der Waals surface area (Å²) < 4.78 is 38.0. The molecule has 0 spiro atoms. The number of ketones is 1. The second-order valence-corrected chi connectivity index (χ2v) is 16.0. The highest BCUT2D eigenvalue weighted by molar-refractivity contribution is 5.86. The number of fused-ring (bicyclic) bond motifs is 1. The van der Waals surface area contributed by atoms with Gasteiger partial charge in [0.15, 0.2) is 12.6 Å². The molecule has 4 heterocycles. The maximum Gasteiger partial charge on any atom is 0.157 e. The van der Waals surface area contributed by atoms with Crippen LogP contribution < -0.4 is 0 Å². The average Bonchev–Trinajstić information content (AvgIpc) is 3.10. The number of ether oxygens (including phenoxy) is 6. The maximum atomic E-state index is 14.6. The molecule has 8 atom stereocenters. The number of nitrogens with zero attached hydrogens (tertiary/aromatic N) is 1. The van der Waals surface area contributed by atoms with E-state index in [0.717, 1.165) is 110 Å². The molecule has 8 unspecified atom stereocenters. The molecule has 4 aliphatic heterocycles. The van der Waals surface area contributed by atoms with Gasteiger partial charge in [-0.3, -0.25) is 4.79 Å². The van der Waals surface area contributed by atoms with Crippen molar-refractivity contribution in [3.63, 3.8) is 0 Å². The van der Waals surface area contributed by atoms with Crippen molar-refractivity contribution in [1.29, 1.82) is 0 Å². The zero-order valence-corrected chi connectivity index (χ0v) is 28.9. The van der Waals surface area contributed by atoms with E-state index in [1.807, 2.05) is 0 Å². The lowest BCUT2D eigenvalue weighted by atomic mass is 9.63. The number of likely N-dealkylation sites (tertiary alicyclic amines) is 1. The van der Waals surface area contributed by atoms with Crippen LogP contribution >= 0.6 is 0 Å². The third-order valence-electron chi connectivity index (χ3n) is 12.7. The summed E-state index contributed by atoms with van der Waals surface area (Å²) in [6.45, 7) is 5.82. The molecule has 9 heteroatoms. The molecule has 9 nitrogen and oxygen atoms in total. The Bertz CT molecular complexity index is 949. The predicted octanol–water partition coefficient (Wildman–Crippen LogP) is 5.79. The SMILES string of the molecule is O=C1C2C(O)CC(OC3CCCCO3)CC2OC(C2CCC(OCCN3CCCCC3)CC2)C1C1CCC(OC2CCCCO2)CC1. The molecule has 7 fully saturated rings. The quantitative estimate of drug-likeness (QED) is 0.312. The number of carbonyl (C=O) groups excluding carboxylic acids is 1. The Balaban J connectivity index is 0.984. The van der Waals surface area contributed by atoms with Crippen LogP contribution in [-0.4, -0.2) is 104 Å². The first kappa shape index (κ1) is 34.8. The summed E-state index contributed by atoms with van der Waals surface area (Å²) in [6.07, 6.45) is 18.5. The summed E-state index contributed by atoms with van der Waals surface area (Å²) in [5.74, 6) is 0.263. The highest BCUT2D eigenvalue weighted by Crippen LogP contribution is 2.48. The van der Waals surface area contributed by atoms with Gasteiger partial charge in [0.05, 0.1) is 49.1 Å². The van der Waals surface area contributed by atoms with E-state index in [4.69, 9.17) is 28.4 Å². The van der Waals surface area contributed by atoms with Crippen molar-refractivity contribution in [2.45, 2.75) is 171 Å². The van der Waals surface area contributed by atoms with Crippen LogP contribution in [0.3, 0.4) is 0 Å². The Hall–Kier alpha value is -0.650. The van der Waals surface area contributed by atoms with E-state index < -0.39 is 12.0 Å². The average molecular weight is 662 g/mol. The molecule has 268 valence electrons. The zero-order chi connectivity index (χ0) is 32.0. The van der Waals surface area contributed by atoms with Crippen LogP contribution in [0.15, 0.2) is 0 Å². The maximum absolute atomic E-state index is 14.6. The second-order valence-electron chi connectivity index (χ2n) is 16.0. The summed E-state index contributed by atoms with van der Waals surface area (Å²) in [4.78, 5) is 17.1. The molecule has 3 aliphatic carbocycles. The van der Waals surface area contributed by atoms with Crippen molar-refractivity contribution < 1.29 is 38.3 Å². The molecular weight excluding hydrogens is 598 g/mol. The van der Waals surface area contributed by atoms with E-state index in [-0.39, 0.29) is 54.6 Å². The fourth-order valence-electron chi connectivity index (χ4n) is 10.1. The van der Waals surface area contributed by atoms with Crippen molar-refractivity contribution in [2.24, 2.45) is 23.7 Å². The van der Waals surface area contributed by atoms with Gasteiger partial charge in [0.25, 0.3) is 0 Å². The highest BCUT2D eigenvalue weighted by Gasteiger charge is 2.55. The number of aliphatic hydroxyl groups excluding tert-OH is 1. The van der Waals surface area contributed by atoms with Gasteiger partial charge >= 0.3 is 0 Å². The van der Waals surface area contributed by atoms with Gasteiger partial charge in [-0.25, -0.2) is 0 Å². The normalized spacial score (nSPS) is 44.1. The van der Waals surface area contributed by atoms with E-state index >= 15 is 0 Å². The third-order valence-corrected chi connectivity index (χ3v) is 12.7. The molecule has 0 bridgehead atoms. The number of hydrogen-bond acceptors (Lipinski definition) is 9. The van der Waals surface area contributed by atoms with Crippen LogP contribution in [0.1, 0.15) is 122 Å². The van der Waals surface area contributed by atoms with E-state index in [1.54, 1.807) is 0 Å². The van der Waals surface area contributed by atoms with Gasteiger partial charge in [0.2, 0.25) is 0 Å². The fraction of sp³-hybridized carbons (Fsp3) is 0.974. The van der Waals surface area contributed by atoms with Gasteiger partial charge in [-0.1, -0.05) is 6.42 Å². The lowest BCUT2D eigenvalue weighted by molar-refractivity contribution is -0.235.